The van der Waals surface area contributed by atoms with Gasteiger partial charge < -0.3 is 1.43 Å². The zero-order valence-electron chi connectivity index (χ0n) is 5.12. The van der Waals surface area contributed by atoms with Gasteiger partial charge >= 0.3 is 40.0 Å². The Morgan fingerprint density at radius 2 is 1.12 bits per heavy atom. The largest absolute Gasteiger partial charge is 1.00 e. The van der Waals surface area contributed by atoms with Crippen molar-refractivity contribution in [2.75, 3.05) is 0 Å². The summed E-state index contributed by atoms with van der Waals surface area (Å²) in [5.41, 5.74) is 0. The van der Waals surface area contributed by atoms with Gasteiger partial charge in [-0.25, -0.2) is 0 Å². The molecule has 0 aliphatic rings. The second-order valence-corrected chi connectivity index (χ2v) is 1.34. The van der Waals surface area contributed by atoms with Crippen LogP contribution in [0.5, 0.6) is 0 Å². The van der Waals surface area contributed by atoms with Crippen LogP contribution in [0.25, 0.3) is 0 Å². The van der Waals surface area contributed by atoms with Crippen molar-refractivity contribution in [3.63, 3.8) is 0 Å². The van der Waals surface area contributed by atoms with Crippen LogP contribution in [0.1, 0.15) is 1.43 Å². The van der Waals surface area contributed by atoms with E-state index in [1.54, 1.807) is 0 Å². The maximum absolute atomic E-state index is 8.74. The van der Waals surface area contributed by atoms with E-state index in [2.05, 4.69) is 0 Å². The van der Waals surface area contributed by atoms with Crippen LogP contribution >= 0.6 is 27.0 Å². The topological polar surface area (TPSA) is 74.6 Å². The van der Waals surface area contributed by atoms with Gasteiger partial charge in [0.15, 0.2) is 0 Å². The minimum absolute atomic E-state index is 0. The zero-order chi connectivity index (χ0) is 4.50. The Morgan fingerprint density at radius 3 is 1.12 bits per heavy atom. The van der Waals surface area contributed by atoms with Gasteiger partial charge in [-0.05, 0) is 0 Å². The Hall–Kier alpha value is 1.57. The quantitative estimate of drug-likeness (QED) is 0.310. The van der Waals surface area contributed by atoms with Gasteiger partial charge in [-0.15, -0.1) is 0 Å². The summed E-state index contributed by atoms with van der Waals surface area (Å²) in [6, 6.07) is 0. The van der Waals surface area contributed by atoms with Crippen molar-refractivity contribution in [2.24, 2.45) is 0 Å². The molecule has 0 spiro atoms. The Labute approximate surface area is 85.3 Å². The molecule has 0 unspecified atom stereocenters. The Morgan fingerprint density at radius 1 is 1.12 bits per heavy atom. The van der Waals surface area contributed by atoms with E-state index in [9.17, 15) is 0 Å². The van der Waals surface area contributed by atoms with Gasteiger partial charge in [0, 0.05) is 0 Å². The summed E-state index contributed by atoms with van der Waals surface area (Å²) in [7, 11) is -4.67. The van der Waals surface area contributed by atoms with Crippen LogP contribution in [0.4, 0.5) is 0 Å². The first-order valence-corrected chi connectivity index (χ1v) is 2.10. The summed E-state index contributed by atoms with van der Waals surface area (Å²) in [5, 5.41) is 0. The molecule has 0 amide bonds. The summed E-state index contributed by atoms with van der Waals surface area (Å²) < 4.78 is 31.6. The fourth-order valence-electron chi connectivity index (χ4n) is 0. The molecule has 0 bridgehead atoms. The summed E-state index contributed by atoms with van der Waals surface area (Å²) >= 11 is 0. The van der Waals surface area contributed by atoms with Crippen LogP contribution < -0.4 is 29.6 Å². The van der Waals surface area contributed by atoms with Gasteiger partial charge in [0.2, 0.25) is 0 Å². The molecule has 0 radical (unpaired) electrons. The van der Waals surface area contributed by atoms with Gasteiger partial charge in [-0.3, -0.25) is 9.11 Å². The van der Waals surface area contributed by atoms with E-state index in [0.29, 0.717) is 0 Å². The molecule has 0 rings (SSSR count). The summed E-state index contributed by atoms with van der Waals surface area (Å²) in [6.45, 7) is 0. The number of rotatable bonds is 0. The molecule has 50 valence electrons. The van der Waals surface area contributed by atoms with Crippen molar-refractivity contribution in [3.8, 4) is 0 Å². The SMILES string of the molecule is O=S(=O)(O)O.S.S.[H-].[Na+]. The second-order valence-electron chi connectivity index (χ2n) is 0.448. The molecule has 0 aromatic heterocycles. The molecule has 8 heavy (non-hydrogen) atoms. The molecule has 0 fully saturated rings. The van der Waals surface area contributed by atoms with E-state index < -0.39 is 10.4 Å². The molecular weight excluding hydrogens is 183 g/mol. The molecule has 0 aromatic carbocycles. The zero-order valence-corrected chi connectivity index (χ0v) is 8.94. The molecule has 0 atom stereocenters. The van der Waals surface area contributed by atoms with E-state index >= 15 is 0 Å². The third-order valence-corrected chi connectivity index (χ3v) is 0. The number of hydrogen-bond acceptors (Lipinski definition) is 2. The first-order valence-electron chi connectivity index (χ1n) is 0.698. The Bertz CT molecular complexity index is 99.0. The van der Waals surface area contributed by atoms with Crippen molar-refractivity contribution in [3.05, 3.63) is 0 Å². The average Bonchev–Trinajstić information content (AvgIpc) is 0.722. The maximum Gasteiger partial charge on any atom is 1.00 e. The molecule has 0 heterocycles. The van der Waals surface area contributed by atoms with Crippen LogP contribution in [0.3, 0.4) is 0 Å². The first kappa shape index (κ1) is 22.7. The van der Waals surface area contributed by atoms with Crippen LogP contribution in [0.2, 0.25) is 0 Å². The van der Waals surface area contributed by atoms with Gasteiger partial charge in [0.05, 0.1) is 0 Å². The van der Waals surface area contributed by atoms with Crippen molar-refractivity contribution < 1.29 is 48.5 Å². The molecule has 0 saturated heterocycles. The molecule has 4 nitrogen and oxygen atoms in total. The predicted molar refractivity (Wildman–Crippen MR) is 36.1 cm³/mol. The van der Waals surface area contributed by atoms with E-state index in [1.165, 1.54) is 0 Å². The number of hydrogen-bond donors (Lipinski definition) is 2. The van der Waals surface area contributed by atoms with E-state index in [4.69, 9.17) is 17.5 Å². The fraction of sp³-hybridized carbons (Fsp3) is 0. The van der Waals surface area contributed by atoms with Crippen LogP contribution in [-0.4, -0.2) is 17.5 Å². The van der Waals surface area contributed by atoms with Crippen LogP contribution in [0, 0.1) is 0 Å². The Balaban J connectivity index is -0.0000000133. The van der Waals surface area contributed by atoms with E-state index in [-0.39, 0.29) is 58.0 Å². The normalized spacial score (nSPS) is 7.25. The molecular formula is H7NaO4S3. The van der Waals surface area contributed by atoms with Gasteiger partial charge in [0.25, 0.3) is 0 Å². The first-order chi connectivity index (χ1) is 2.00. The average molecular weight is 190 g/mol. The van der Waals surface area contributed by atoms with Crippen molar-refractivity contribution in [1.82, 2.24) is 0 Å². The molecule has 0 aliphatic heterocycles. The minimum atomic E-state index is -4.67. The van der Waals surface area contributed by atoms with Gasteiger partial charge in [0.1, 0.15) is 0 Å². The van der Waals surface area contributed by atoms with E-state index in [0.717, 1.165) is 0 Å². The van der Waals surface area contributed by atoms with E-state index in [1.807, 2.05) is 0 Å². The van der Waals surface area contributed by atoms with Crippen molar-refractivity contribution in [1.29, 1.82) is 0 Å². The molecule has 2 N–H and O–H groups in total. The van der Waals surface area contributed by atoms with Crippen LogP contribution in [0.15, 0.2) is 0 Å². The second kappa shape index (κ2) is 8.57. The van der Waals surface area contributed by atoms with Crippen molar-refractivity contribution in [2.45, 2.75) is 0 Å². The predicted octanol–water partition coefficient (Wildman–Crippen LogP) is -3.31. The fourth-order valence-corrected chi connectivity index (χ4v) is 0. The summed E-state index contributed by atoms with van der Waals surface area (Å²) in [5.74, 6) is 0. The van der Waals surface area contributed by atoms with Gasteiger partial charge in [-0.2, -0.15) is 35.4 Å². The summed E-state index contributed by atoms with van der Waals surface area (Å²) in [4.78, 5) is 0. The molecule has 0 aliphatic carbocycles. The monoisotopic (exact) mass is 190 g/mol. The third kappa shape index (κ3) is 133. The molecule has 0 saturated carbocycles. The minimum Gasteiger partial charge on any atom is -1.00 e. The van der Waals surface area contributed by atoms with Crippen LogP contribution in [-0.2, 0) is 10.4 Å². The summed E-state index contributed by atoms with van der Waals surface area (Å²) in [6.07, 6.45) is 0. The van der Waals surface area contributed by atoms with Gasteiger partial charge in [-0.1, -0.05) is 0 Å². The Kier molecular flexibility index (Phi) is 24.3. The van der Waals surface area contributed by atoms with Crippen molar-refractivity contribution >= 4 is 37.4 Å². The standard InChI is InChI=1S/Na.H2O4S.2H2S.H/c;1-5(2,3)4;;;/h;(H2,1,2,3,4);2*1H2;/q+1;;;;-1. The molecule has 0 aromatic rings. The third-order valence-electron chi connectivity index (χ3n) is 0. The smallest absolute Gasteiger partial charge is 1.00 e. The molecule has 8 heteroatoms. The maximum atomic E-state index is 8.74.